The molecule has 0 heterocycles. The van der Waals surface area contributed by atoms with Gasteiger partial charge in [-0.3, -0.25) is 4.79 Å². The largest absolute Gasteiger partial charge is 0.484 e. The number of amides is 1. The van der Waals surface area contributed by atoms with Crippen LogP contribution >= 0.6 is 0 Å². The maximum Gasteiger partial charge on any atom is 0.262 e. The molecule has 6 nitrogen and oxygen atoms in total. The van der Waals surface area contributed by atoms with E-state index in [-0.39, 0.29) is 23.5 Å². The molecule has 2 saturated carbocycles. The second-order valence-corrected chi connectivity index (χ2v) is 10.6. The van der Waals surface area contributed by atoms with Crippen LogP contribution in [0.5, 0.6) is 5.75 Å². The Bertz CT molecular complexity index is 1040. The monoisotopic (exact) mass is 442 g/mol. The summed E-state index contributed by atoms with van der Waals surface area (Å²) in [5.74, 6) is 2.19. The zero-order valence-corrected chi connectivity index (χ0v) is 18.8. The Hall–Kier alpha value is -2.38. The van der Waals surface area contributed by atoms with Crippen molar-refractivity contribution in [2.24, 2.45) is 17.8 Å². The third-order valence-electron chi connectivity index (χ3n) is 6.58. The number of carbonyl (C=O) groups is 1. The summed E-state index contributed by atoms with van der Waals surface area (Å²) in [6.07, 6.45) is 4.90. The van der Waals surface area contributed by atoms with E-state index in [1.54, 1.807) is 18.2 Å². The van der Waals surface area contributed by atoms with Crippen molar-refractivity contribution in [2.45, 2.75) is 50.5 Å². The Morgan fingerprint density at radius 2 is 1.90 bits per heavy atom. The van der Waals surface area contributed by atoms with E-state index in [1.807, 2.05) is 32.0 Å². The summed E-state index contributed by atoms with van der Waals surface area (Å²) < 4.78 is 34.0. The van der Waals surface area contributed by atoms with E-state index < -0.39 is 10.0 Å². The molecular formula is C24H30N2O4S. The molecule has 2 bridgehead atoms. The number of rotatable bonds is 8. The Labute approximate surface area is 184 Å². The molecule has 0 spiro atoms. The van der Waals surface area contributed by atoms with E-state index in [0.717, 1.165) is 17.9 Å². The van der Waals surface area contributed by atoms with Crippen LogP contribution in [0.1, 0.15) is 38.2 Å². The number of benzene rings is 2. The first-order valence-corrected chi connectivity index (χ1v) is 12.4. The lowest BCUT2D eigenvalue weighted by molar-refractivity contribution is -0.118. The lowest BCUT2D eigenvalue weighted by Crippen LogP contribution is -2.40. The number of aryl methyl sites for hydroxylation is 1. The lowest BCUT2D eigenvalue weighted by Gasteiger charge is -2.28. The van der Waals surface area contributed by atoms with Gasteiger partial charge in [-0.25, -0.2) is 13.1 Å². The molecule has 7 heteroatoms. The molecular weight excluding hydrogens is 412 g/mol. The zero-order valence-electron chi connectivity index (χ0n) is 18.0. The number of ether oxygens (including phenoxy) is 1. The Kier molecular flexibility index (Phi) is 6.34. The fourth-order valence-electron chi connectivity index (χ4n) is 5.07. The molecule has 1 amide bonds. The summed E-state index contributed by atoms with van der Waals surface area (Å²) in [6, 6.07) is 13.6. The van der Waals surface area contributed by atoms with Gasteiger partial charge < -0.3 is 10.1 Å². The minimum absolute atomic E-state index is 0.0709. The summed E-state index contributed by atoms with van der Waals surface area (Å²) in [5, 5.41) is 2.73. The molecule has 166 valence electrons. The van der Waals surface area contributed by atoms with Crippen LogP contribution in [0, 0.1) is 24.7 Å². The van der Waals surface area contributed by atoms with Crippen molar-refractivity contribution < 1.29 is 17.9 Å². The summed E-state index contributed by atoms with van der Waals surface area (Å²) in [6.45, 7) is 3.81. The van der Waals surface area contributed by atoms with Gasteiger partial charge in [-0.05, 0) is 92.8 Å². The molecule has 2 aliphatic carbocycles. The van der Waals surface area contributed by atoms with Crippen molar-refractivity contribution in [3.05, 3.63) is 54.1 Å². The number of sulfonamides is 1. The SMILES string of the molecule is Cc1cccc(OCC(=O)Nc2ccc(S(=O)(=O)NC(C)C3CC4CCC3C4)cc2)c1. The van der Waals surface area contributed by atoms with Gasteiger partial charge in [0.25, 0.3) is 5.91 Å². The normalized spacial score (nSPS) is 23.5. The minimum Gasteiger partial charge on any atom is -0.484 e. The first kappa shape index (κ1) is 21.8. The predicted molar refractivity (Wildman–Crippen MR) is 120 cm³/mol. The maximum absolute atomic E-state index is 12.8. The van der Waals surface area contributed by atoms with E-state index >= 15 is 0 Å². The van der Waals surface area contributed by atoms with Crippen LogP contribution in [0.2, 0.25) is 0 Å². The van der Waals surface area contributed by atoms with Crippen molar-refractivity contribution in [1.29, 1.82) is 0 Å². The molecule has 2 aliphatic rings. The molecule has 2 fully saturated rings. The van der Waals surface area contributed by atoms with E-state index in [2.05, 4.69) is 10.0 Å². The second kappa shape index (κ2) is 9.01. The number of nitrogens with one attached hydrogen (secondary N) is 2. The molecule has 31 heavy (non-hydrogen) atoms. The van der Waals surface area contributed by atoms with Gasteiger partial charge in [-0.1, -0.05) is 18.6 Å². The highest BCUT2D eigenvalue weighted by Gasteiger charge is 2.42. The minimum atomic E-state index is -3.60. The highest BCUT2D eigenvalue weighted by Crippen LogP contribution is 2.49. The topological polar surface area (TPSA) is 84.5 Å². The van der Waals surface area contributed by atoms with Crippen LogP contribution < -0.4 is 14.8 Å². The predicted octanol–water partition coefficient (Wildman–Crippen LogP) is 4.12. The molecule has 0 aliphatic heterocycles. The van der Waals surface area contributed by atoms with Gasteiger partial charge >= 0.3 is 0 Å². The van der Waals surface area contributed by atoms with E-state index in [1.165, 1.54) is 31.4 Å². The van der Waals surface area contributed by atoms with Crippen LogP contribution in [0.15, 0.2) is 53.4 Å². The van der Waals surface area contributed by atoms with E-state index in [4.69, 9.17) is 4.74 Å². The van der Waals surface area contributed by atoms with Crippen LogP contribution in [0.4, 0.5) is 5.69 Å². The van der Waals surface area contributed by atoms with Gasteiger partial charge in [-0.15, -0.1) is 0 Å². The van der Waals surface area contributed by atoms with Gasteiger partial charge in [0.05, 0.1) is 4.90 Å². The second-order valence-electron chi connectivity index (χ2n) is 8.93. The summed E-state index contributed by atoms with van der Waals surface area (Å²) >= 11 is 0. The average molecular weight is 443 g/mol. The molecule has 4 rings (SSSR count). The third-order valence-corrected chi connectivity index (χ3v) is 8.16. The molecule has 0 aromatic heterocycles. The molecule has 2 aromatic carbocycles. The molecule has 2 aromatic rings. The molecule has 4 atom stereocenters. The fourth-order valence-corrected chi connectivity index (χ4v) is 6.37. The molecule has 0 saturated heterocycles. The highest BCUT2D eigenvalue weighted by molar-refractivity contribution is 7.89. The van der Waals surface area contributed by atoms with Crippen molar-refractivity contribution in [1.82, 2.24) is 4.72 Å². The van der Waals surface area contributed by atoms with E-state index in [0.29, 0.717) is 23.3 Å². The number of carbonyl (C=O) groups excluding carboxylic acids is 1. The van der Waals surface area contributed by atoms with Crippen molar-refractivity contribution in [3.63, 3.8) is 0 Å². The molecule has 2 N–H and O–H groups in total. The first-order chi connectivity index (χ1) is 14.8. The number of anilines is 1. The molecule has 4 unspecified atom stereocenters. The number of hydrogen-bond donors (Lipinski definition) is 2. The summed E-state index contributed by atoms with van der Waals surface area (Å²) in [5.41, 5.74) is 1.58. The summed E-state index contributed by atoms with van der Waals surface area (Å²) in [7, 11) is -3.60. The van der Waals surface area contributed by atoms with Gasteiger partial charge in [0.2, 0.25) is 10.0 Å². The maximum atomic E-state index is 12.8. The first-order valence-electron chi connectivity index (χ1n) is 10.9. The number of hydrogen-bond acceptors (Lipinski definition) is 4. The fraction of sp³-hybridized carbons (Fsp3) is 0.458. The average Bonchev–Trinajstić information content (AvgIpc) is 3.36. The van der Waals surface area contributed by atoms with Crippen molar-refractivity contribution >= 4 is 21.6 Å². The Morgan fingerprint density at radius 1 is 1.13 bits per heavy atom. The Balaban J connectivity index is 1.31. The quantitative estimate of drug-likeness (QED) is 0.644. The summed E-state index contributed by atoms with van der Waals surface area (Å²) in [4.78, 5) is 12.3. The lowest BCUT2D eigenvalue weighted by atomic mass is 9.84. The zero-order chi connectivity index (χ0) is 22.0. The van der Waals surface area contributed by atoms with Crippen LogP contribution in [-0.2, 0) is 14.8 Å². The van der Waals surface area contributed by atoms with Crippen LogP contribution in [-0.4, -0.2) is 27.0 Å². The highest BCUT2D eigenvalue weighted by atomic mass is 32.2. The van der Waals surface area contributed by atoms with E-state index in [9.17, 15) is 13.2 Å². The van der Waals surface area contributed by atoms with Crippen molar-refractivity contribution in [2.75, 3.05) is 11.9 Å². The van der Waals surface area contributed by atoms with Gasteiger partial charge in [0.15, 0.2) is 6.61 Å². The van der Waals surface area contributed by atoms with Gasteiger partial charge in [0, 0.05) is 11.7 Å². The Morgan fingerprint density at radius 3 is 2.55 bits per heavy atom. The van der Waals surface area contributed by atoms with Crippen molar-refractivity contribution in [3.8, 4) is 5.75 Å². The molecule has 0 radical (unpaired) electrons. The van der Waals surface area contributed by atoms with Crippen LogP contribution in [0.25, 0.3) is 0 Å². The van der Waals surface area contributed by atoms with Gasteiger partial charge in [-0.2, -0.15) is 0 Å². The smallest absolute Gasteiger partial charge is 0.262 e. The van der Waals surface area contributed by atoms with Crippen LogP contribution in [0.3, 0.4) is 0 Å². The number of fused-ring (bicyclic) bond motifs is 2. The standard InChI is InChI=1S/C24H30N2O4S/c1-16-4-3-5-21(12-16)30-15-24(27)25-20-8-10-22(11-9-20)31(28,29)26-17(2)23-14-18-6-7-19(23)13-18/h3-5,8-12,17-19,23,26H,6-7,13-15H2,1-2H3,(H,25,27). The van der Waals surface area contributed by atoms with Gasteiger partial charge in [0.1, 0.15) is 5.75 Å². The third kappa shape index (κ3) is 5.28.